The Morgan fingerprint density at radius 1 is 1.47 bits per heavy atom. The second-order valence-electron chi connectivity index (χ2n) is 5.17. The van der Waals surface area contributed by atoms with Gasteiger partial charge < -0.3 is 15.4 Å². The summed E-state index contributed by atoms with van der Waals surface area (Å²) >= 11 is 0. The second kappa shape index (κ2) is 6.68. The third kappa shape index (κ3) is 4.04. The van der Waals surface area contributed by atoms with Gasteiger partial charge in [0, 0.05) is 18.8 Å². The van der Waals surface area contributed by atoms with Gasteiger partial charge in [-0.3, -0.25) is 4.79 Å². The summed E-state index contributed by atoms with van der Waals surface area (Å²) in [5.41, 5.74) is 1.89. The van der Waals surface area contributed by atoms with Gasteiger partial charge in [-0.15, -0.1) is 0 Å². The van der Waals surface area contributed by atoms with Gasteiger partial charge in [0.05, 0.1) is 12.6 Å². The van der Waals surface area contributed by atoms with Crippen molar-refractivity contribution in [1.82, 2.24) is 5.32 Å². The van der Waals surface area contributed by atoms with Crippen LogP contribution in [0.4, 0.5) is 5.69 Å². The smallest absolute Gasteiger partial charge is 0.241 e. The van der Waals surface area contributed by atoms with Crippen molar-refractivity contribution >= 4 is 11.6 Å². The highest BCUT2D eigenvalue weighted by Gasteiger charge is 2.23. The molecule has 1 amide bonds. The predicted molar refractivity (Wildman–Crippen MR) is 76.0 cm³/mol. The Hall–Kier alpha value is -1.39. The van der Waals surface area contributed by atoms with Crippen molar-refractivity contribution in [1.29, 1.82) is 0 Å². The van der Waals surface area contributed by atoms with E-state index in [1.807, 2.05) is 24.3 Å². The van der Waals surface area contributed by atoms with Crippen molar-refractivity contribution in [3.8, 4) is 0 Å². The van der Waals surface area contributed by atoms with Gasteiger partial charge in [0.2, 0.25) is 5.91 Å². The molecule has 0 radical (unpaired) electrons. The van der Waals surface area contributed by atoms with E-state index in [1.54, 1.807) is 7.11 Å². The number of hydrogen-bond acceptors (Lipinski definition) is 3. The number of methoxy groups -OCH3 is 1. The lowest BCUT2D eigenvalue weighted by Gasteiger charge is -2.27. The molecule has 2 unspecified atom stereocenters. The van der Waals surface area contributed by atoms with Crippen LogP contribution in [-0.4, -0.2) is 25.1 Å². The minimum Gasteiger partial charge on any atom is -0.380 e. The summed E-state index contributed by atoms with van der Waals surface area (Å²) < 4.78 is 5.09. The number of anilines is 1. The van der Waals surface area contributed by atoms with E-state index < -0.39 is 0 Å². The number of nitrogens with one attached hydrogen (secondary N) is 2. The van der Waals surface area contributed by atoms with Gasteiger partial charge in [0.15, 0.2) is 0 Å². The van der Waals surface area contributed by atoms with E-state index >= 15 is 0 Å². The lowest BCUT2D eigenvalue weighted by molar-refractivity contribution is -0.118. The average Bonchev–Trinajstić information content (AvgIpc) is 2.39. The SMILES string of the molecule is COCc1cccc(NC(=O)C2CCCC(C)N2)c1. The number of benzene rings is 1. The summed E-state index contributed by atoms with van der Waals surface area (Å²) in [4.78, 5) is 12.2. The topological polar surface area (TPSA) is 50.4 Å². The van der Waals surface area contributed by atoms with Crippen LogP contribution in [0.15, 0.2) is 24.3 Å². The lowest BCUT2D eigenvalue weighted by atomic mass is 9.99. The highest BCUT2D eigenvalue weighted by molar-refractivity contribution is 5.94. The molecule has 2 atom stereocenters. The molecule has 2 N–H and O–H groups in total. The predicted octanol–water partition coefficient (Wildman–Crippen LogP) is 2.30. The van der Waals surface area contributed by atoms with E-state index in [0.29, 0.717) is 12.6 Å². The van der Waals surface area contributed by atoms with Crippen molar-refractivity contribution in [3.63, 3.8) is 0 Å². The Kier molecular flexibility index (Phi) is 4.93. The van der Waals surface area contributed by atoms with Gasteiger partial charge in [0.1, 0.15) is 0 Å². The van der Waals surface area contributed by atoms with E-state index in [4.69, 9.17) is 4.74 Å². The summed E-state index contributed by atoms with van der Waals surface area (Å²) in [6.45, 7) is 2.68. The molecule has 0 aliphatic carbocycles. The molecular weight excluding hydrogens is 240 g/mol. The molecule has 1 aromatic rings. The van der Waals surface area contributed by atoms with Crippen molar-refractivity contribution in [2.45, 2.75) is 44.9 Å². The Morgan fingerprint density at radius 2 is 2.32 bits per heavy atom. The van der Waals surface area contributed by atoms with Crippen LogP contribution in [0, 0.1) is 0 Å². The lowest BCUT2D eigenvalue weighted by Crippen LogP contribution is -2.47. The molecule has 1 heterocycles. The van der Waals surface area contributed by atoms with Crippen molar-refractivity contribution in [2.24, 2.45) is 0 Å². The van der Waals surface area contributed by atoms with Crippen LogP contribution in [0.1, 0.15) is 31.7 Å². The zero-order chi connectivity index (χ0) is 13.7. The summed E-state index contributed by atoms with van der Waals surface area (Å²) in [5, 5.41) is 6.31. The van der Waals surface area contributed by atoms with Crippen LogP contribution < -0.4 is 10.6 Å². The fourth-order valence-electron chi connectivity index (χ4n) is 2.48. The molecule has 0 bridgehead atoms. The molecule has 4 nitrogen and oxygen atoms in total. The first kappa shape index (κ1) is 14.0. The Labute approximate surface area is 114 Å². The Bertz CT molecular complexity index is 434. The quantitative estimate of drug-likeness (QED) is 0.875. The zero-order valence-electron chi connectivity index (χ0n) is 11.6. The largest absolute Gasteiger partial charge is 0.380 e. The molecule has 19 heavy (non-hydrogen) atoms. The molecule has 1 saturated heterocycles. The van der Waals surface area contributed by atoms with Gasteiger partial charge in [-0.2, -0.15) is 0 Å². The minimum absolute atomic E-state index is 0.0566. The van der Waals surface area contributed by atoms with Crippen LogP contribution in [-0.2, 0) is 16.1 Å². The van der Waals surface area contributed by atoms with E-state index in [9.17, 15) is 4.79 Å². The summed E-state index contributed by atoms with van der Waals surface area (Å²) in [5.74, 6) is 0.0566. The van der Waals surface area contributed by atoms with Crippen LogP contribution in [0.25, 0.3) is 0 Å². The molecular formula is C15H22N2O2. The standard InChI is InChI=1S/C15H22N2O2/c1-11-5-3-8-14(16-11)15(18)17-13-7-4-6-12(9-13)10-19-2/h4,6-7,9,11,14,16H,3,5,8,10H2,1-2H3,(H,17,18). The van der Waals surface area contributed by atoms with Crippen LogP contribution in [0.2, 0.25) is 0 Å². The molecule has 1 aromatic carbocycles. The number of amides is 1. The first-order valence-corrected chi connectivity index (χ1v) is 6.84. The molecule has 4 heteroatoms. The van der Waals surface area contributed by atoms with Gasteiger partial charge in [-0.1, -0.05) is 12.1 Å². The average molecular weight is 262 g/mol. The van der Waals surface area contributed by atoms with Gasteiger partial charge in [-0.25, -0.2) is 0 Å². The summed E-state index contributed by atoms with van der Waals surface area (Å²) in [6.07, 6.45) is 3.16. The Morgan fingerprint density at radius 3 is 3.05 bits per heavy atom. The number of ether oxygens (including phenoxy) is 1. The highest BCUT2D eigenvalue weighted by Crippen LogP contribution is 2.16. The normalized spacial score (nSPS) is 23.1. The number of hydrogen-bond donors (Lipinski definition) is 2. The van der Waals surface area contributed by atoms with Gasteiger partial charge in [0.25, 0.3) is 0 Å². The molecule has 0 aromatic heterocycles. The second-order valence-corrected chi connectivity index (χ2v) is 5.17. The minimum atomic E-state index is -0.0742. The third-order valence-corrected chi connectivity index (χ3v) is 3.44. The molecule has 1 fully saturated rings. The van der Waals surface area contributed by atoms with Crippen molar-refractivity contribution in [2.75, 3.05) is 12.4 Å². The fourth-order valence-corrected chi connectivity index (χ4v) is 2.48. The first-order valence-electron chi connectivity index (χ1n) is 6.84. The third-order valence-electron chi connectivity index (χ3n) is 3.44. The van der Waals surface area contributed by atoms with E-state index in [2.05, 4.69) is 17.6 Å². The maximum Gasteiger partial charge on any atom is 0.241 e. The molecule has 1 aliphatic heterocycles. The number of rotatable bonds is 4. The van der Waals surface area contributed by atoms with Crippen LogP contribution in [0.5, 0.6) is 0 Å². The number of carbonyl (C=O) groups excluding carboxylic acids is 1. The van der Waals surface area contributed by atoms with Crippen molar-refractivity contribution in [3.05, 3.63) is 29.8 Å². The number of carbonyl (C=O) groups is 1. The maximum absolute atomic E-state index is 12.2. The number of piperidine rings is 1. The monoisotopic (exact) mass is 262 g/mol. The molecule has 1 aliphatic rings. The molecule has 2 rings (SSSR count). The Balaban J connectivity index is 1.96. The summed E-state index contributed by atoms with van der Waals surface area (Å²) in [7, 11) is 1.67. The van der Waals surface area contributed by atoms with Crippen LogP contribution >= 0.6 is 0 Å². The zero-order valence-corrected chi connectivity index (χ0v) is 11.6. The molecule has 104 valence electrons. The maximum atomic E-state index is 12.2. The van der Waals surface area contributed by atoms with E-state index in [0.717, 1.165) is 30.5 Å². The van der Waals surface area contributed by atoms with Gasteiger partial charge in [-0.05, 0) is 43.9 Å². The molecule has 0 spiro atoms. The highest BCUT2D eigenvalue weighted by atomic mass is 16.5. The molecule has 0 saturated carbocycles. The van der Waals surface area contributed by atoms with E-state index in [1.165, 1.54) is 0 Å². The van der Waals surface area contributed by atoms with Crippen molar-refractivity contribution < 1.29 is 9.53 Å². The summed E-state index contributed by atoms with van der Waals surface area (Å²) in [6, 6.07) is 8.12. The van der Waals surface area contributed by atoms with E-state index in [-0.39, 0.29) is 11.9 Å². The first-order chi connectivity index (χ1) is 9.19. The fraction of sp³-hybridized carbons (Fsp3) is 0.533. The van der Waals surface area contributed by atoms with Gasteiger partial charge >= 0.3 is 0 Å². The van der Waals surface area contributed by atoms with Crippen LogP contribution in [0.3, 0.4) is 0 Å².